The molecule has 0 amide bonds. The average molecular weight is 417 g/mol. The van der Waals surface area contributed by atoms with Gasteiger partial charge in [0.2, 0.25) is 5.95 Å². The van der Waals surface area contributed by atoms with Crippen LogP contribution in [-0.2, 0) is 0 Å². The van der Waals surface area contributed by atoms with Gasteiger partial charge in [-0.05, 0) is 61.0 Å². The van der Waals surface area contributed by atoms with Gasteiger partial charge in [0.25, 0.3) is 0 Å². The van der Waals surface area contributed by atoms with Crippen molar-refractivity contribution in [2.75, 3.05) is 32.4 Å². The number of aromatic nitrogens is 3. The lowest BCUT2D eigenvalue weighted by Crippen LogP contribution is -2.04. The lowest BCUT2D eigenvalue weighted by atomic mass is 10.1. The number of hydrogen-bond donors (Lipinski definition) is 2. The van der Waals surface area contributed by atoms with Crippen LogP contribution in [0.2, 0.25) is 0 Å². The van der Waals surface area contributed by atoms with Crippen LogP contribution in [0.1, 0.15) is 5.56 Å². The number of rotatable bonds is 6. The van der Waals surface area contributed by atoms with Crippen LogP contribution < -0.4 is 25.3 Å². The van der Waals surface area contributed by atoms with Gasteiger partial charge in [0.05, 0.1) is 32.5 Å². The van der Waals surface area contributed by atoms with Crippen molar-refractivity contribution >= 4 is 28.5 Å². The Hall–Kier alpha value is -4.07. The first-order valence-electron chi connectivity index (χ1n) is 9.60. The summed E-state index contributed by atoms with van der Waals surface area (Å²) >= 11 is 0. The number of nitrogen functional groups attached to an aromatic ring is 1. The summed E-state index contributed by atoms with van der Waals surface area (Å²) in [6.45, 7) is 1.99. The maximum Gasteiger partial charge on any atom is 0.222 e. The van der Waals surface area contributed by atoms with E-state index in [-0.39, 0.29) is 5.95 Å². The van der Waals surface area contributed by atoms with Crippen LogP contribution in [0.3, 0.4) is 0 Å². The Morgan fingerprint density at radius 2 is 1.61 bits per heavy atom. The highest BCUT2D eigenvalue weighted by molar-refractivity contribution is 5.90. The molecule has 0 saturated carbocycles. The van der Waals surface area contributed by atoms with Crippen molar-refractivity contribution in [2.24, 2.45) is 0 Å². The molecule has 158 valence electrons. The van der Waals surface area contributed by atoms with E-state index in [1.807, 2.05) is 55.5 Å². The topological polar surface area (TPSA) is 104 Å². The molecule has 0 bridgehead atoms. The monoisotopic (exact) mass is 417 g/mol. The number of nitrogens with one attached hydrogen (secondary N) is 1. The number of pyridine rings is 1. The van der Waals surface area contributed by atoms with Crippen molar-refractivity contribution in [2.45, 2.75) is 6.92 Å². The minimum absolute atomic E-state index is 0.168. The van der Waals surface area contributed by atoms with Crippen LogP contribution in [0.5, 0.6) is 17.2 Å². The summed E-state index contributed by atoms with van der Waals surface area (Å²) < 4.78 is 16.0. The highest BCUT2D eigenvalue weighted by atomic mass is 16.5. The zero-order valence-electron chi connectivity index (χ0n) is 17.8. The normalized spacial score (nSPS) is 10.7. The third-order valence-corrected chi connectivity index (χ3v) is 4.93. The van der Waals surface area contributed by atoms with Gasteiger partial charge in [-0.15, -0.1) is 0 Å². The molecule has 8 heteroatoms. The molecule has 0 unspecified atom stereocenters. The molecule has 0 atom stereocenters. The molecule has 3 N–H and O–H groups in total. The molecule has 0 saturated heterocycles. The van der Waals surface area contributed by atoms with Crippen molar-refractivity contribution in [3.05, 3.63) is 54.1 Å². The van der Waals surface area contributed by atoms with Gasteiger partial charge in [-0.2, -0.15) is 4.98 Å². The van der Waals surface area contributed by atoms with E-state index in [1.165, 1.54) is 0 Å². The van der Waals surface area contributed by atoms with E-state index in [0.29, 0.717) is 28.4 Å². The summed E-state index contributed by atoms with van der Waals surface area (Å²) in [7, 11) is 4.85. The second-order valence-corrected chi connectivity index (χ2v) is 6.87. The number of methoxy groups -OCH3 is 3. The van der Waals surface area contributed by atoms with Crippen molar-refractivity contribution in [1.29, 1.82) is 0 Å². The summed E-state index contributed by atoms with van der Waals surface area (Å²) in [4.78, 5) is 13.5. The molecule has 0 aliphatic heterocycles. The second-order valence-electron chi connectivity index (χ2n) is 6.87. The molecule has 0 aliphatic rings. The van der Waals surface area contributed by atoms with Crippen molar-refractivity contribution in [3.8, 4) is 28.5 Å². The molecule has 0 radical (unpaired) electrons. The van der Waals surface area contributed by atoms with Crippen LogP contribution in [0.4, 0.5) is 17.5 Å². The van der Waals surface area contributed by atoms with Crippen LogP contribution in [0.25, 0.3) is 22.3 Å². The van der Waals surface area contributed by atoms with E-state index >= 15 is 0 Å². The summed E-state index contributed by atoms with van der Waals surface area (Å²) in [6.07, 6.45) is 0. The van der Waals surface area contributed by atoms with Crippen LogP contribution in [-0.4, -0.2) is 36.3 Å². The zero-order chi connectivity index (χ0) is 22.0. The van der Waals surface area contributed by atoms with Crippen molar-refractivity contribution < 1.29 is 14.2 Å². The lowest BCUT2D eigenvalue weighted by molar-refractivity contribution is 0.355. The Balaban J connectivity index is 1.80. The van der Waals surface area contributed by atoms with E-state index in [9.17, 15) is 0 Å². The lowest BCUT2D eigenvalue weighted by Gasteiger charge is -2.13. The standard InChI is InChI=1S/C23H23N5O3/c1-13-11-15(29-2)6-7-16(13)26-22-21-18(27-23(24)28-22)9-8-17(25-21)14-5-10-19(30-3)20(12-14)31-4/h5-12H,1-4H3,(H3,24,26,27,28). The van der Waals surface area contributed by atoms with Gasteiger partial charge < -0.3 is 25.3 Å². The summed E-state index contributed by atoms with van der Waals surface area (Å²) in [5, 5.41) is 3.33. The smallest absolute Gasteiger partial charge is 0.222 e. The summed E-state index contributed by atoms with van der Waals surface area (Å²) in [6, 6.07) is 15.2. The number of ether oxygens (including phenoxy) is 3. The molecular weight excluding hydrogens is 394 g/mol. The van der Waals surface area contributed by atoms with Gasteiger partial charge in [-0.3, -0.25) is 0 Å². The SMILES string of the molecule is COc1ccc(Nc2nc(N)nc3ccc(-c4ccc(OC)c(OC)c4)nc23)c(C)c1. The van der Waals surface area contributed by atoms with E-state index in [1.54, 1.807) is 21.3 Å². The highest BCUT2D eigenvalue weighted by Crippen LogP contribution is 2.33. The van der Waals surface area contributed by atoms with Gasteiger partial charge in [0.15, 0.2) is 17.3 Å². The van der Waals surface area contributed by atoms with Gasteiger partial charge in [-0.1, -0.05) is 0 Å². The average Bonchev–Trinajstić information content (AvgIpc) is 2.79. The van der Waals surface area contributed by atoms with Crippen molar-refractivity contribution in [1.82, 2.24) is 15.0 Å². The second kappa shape index (κ2) is 8.35. The van der Waals surface area contributed by atoms with Gasteiger partial charge in [0, 0.05) is 11.3 Å². The first-order chi connectivity index (χ1) is 15.0. The predicted molar refractivity (Wildman–Crippen MR) is 121 cm³/mol. The molecule has 2 heterocycles. The number of fused-ring (bicyclic) bond motifs is 1. The van der Waals surface area contributed by atoms with E-state index in [0.717, 1.165) is 28.3 Å². The molecule has 4 rings (SSSR count). The minimum atomic E-state index is 0.168. The molecule has 2 aromatic heterocycles. The maximum absolute atomic E-state index is 5.94. The fourth-order valence-electron chi connectivity index (χ4n) is 3.31. The Morgan fingerprint density at radius 3 is 2.32 bits per heavy atom. The number of aryl methyl sites for hydroxylation is 1. The number of nitrogens with zero attached hydrogens (tertiary/aromatic N) is 3. The summed E-state index contributed by atoms with van der Waals surface area (Å²) in [5.41, 5.74) is 10.7. The fraction of sp³-hybridized carbons (Fsp3) is 0.174. The molecular formula is C23H23N5O3. The predicted octanol–water partition coefficient (Wildman–Crippen LogP) is 4.35. The third kappa shape index (κ3) is 4.00. The molecule has 0 fully saturated rings. The Bertz CT molecular complexity index is 1260. The quantitative estimate of drug-likeness (QED) is 0.477. The van der Waals surface area contributed by atoms with Gasteiger partial charge >= 0.3 is 0 Å². The Labute approximate surface area is 180 Å². The van der Waals surface area contributed by atoms with Crippen LogP contribution >= 0.6 is 0 Å². The number of anilines is 3. The Morgan fingerprint density at radius 1 is 0.806 bits per heavy atom. The molecule has 31 heavy (non-hydrogen) atoms. The van der Waals surface area contributed by atoms with Crippen LogP contribution in [0.15, 0.2) is 48.5 Å². The van der Waals surface area contributed by atoms with Gasteiger partial charge in [0.1, 0.15) is 11.3 Å². The first-order valence-corrected chi connectivity index (χ1v) is 9.60. The molecule has 4 aromatic rings. The molecule has 0 aliphatic carbocycles. The third-order valence-electron chi connectivity index (χ3n) is 4.93. The number of hydrogen-bond acceptors (Lipinski definition) is 8. The largest absolute Gasteiger partial charge is 0.497 e. The Kier molecular flexibility index (Phi) is 5.44. The fourth-order valence-corrected chi connectivity index (χ4v) is 3.31. The zero-order valence-corrected chi connectivity index (χ0v) is 17.8. The maximum atomic E-state index is 5.94. The summed E-state index contributed by atoms with van der Waals surface area (Å²) in [5.74, 6) is 2.76. The van der Waals surface area contributed by atoms with Gasteiger partial charge in [-0.25, -0.2) is 9.97 Å². The van der Waals surface area contributed by atoms with Crippen molar-refractivity contribution in [3.63, 3.8) is 0 Å². The van der Waals surface area contributed by atoms with E-state index in [2.05, 4.69) is 15.3 Å². The molecule has 2 aromatic carbocycles. The molecule has 0 spiro atoms. The first kappa shape index (κ1) is 20.2. The minimum Gasteiger partial charge on any atom is -0.497 e. The highest BCUT2D eigenvalue weighted by Gasteiger charge is 2.13. The van der Waals surface area contributed by atoms with E-state index < -0.39 is 0 Å². The molecule has 8 nitrogen and oxygen atoms in total. The van der Waals surface area contributed by atoms with E-state index in [4.69, 9.17) is 24.9 Å². The number of nitrogens with two attached hydrogens (primary N) is 1. The number of benzene rings is 2. The van der Waals surface area contributed by atoms with Crippen LogP contribution in [0, 0.1) is 6.92 Å².